The molecule has 0 saturated carbocycles. The van der Waals surface area contributed by atoms with Crippen molar-refractivity contribution < 1.29 is 28.6 Å². The number of hydrogen-bond donors (Lipinski definition) is 0. The summed E-state index contributed by atoms with van der Waals surface area (Å²) in [6, 6.07) is 0. The minimum atomic E-state index is -0.847. The van der Waals surface area contributed by atoms with E-state index >= 15 is 0 Å². The molecule has 1 fully saturated rings. The number of rotatable bonds is 4. The van der Waals surface area contributed by atoms with Gasteiger partial charge in [0, 0.05) is 19.5 Å². The predicted octanol–water partition coefficient (Wildman–Crippen LogP) is 1.35. The fourth-order valence-corrected chi connectivity index (χ4v) is 2.19. The molecular formula is C14H23NO6. The average molecular weight is 301 g/mol. The highest BCUT2D eigenvalue weighted by atomic mass is 16.6. The van der Waals surface area contributed by atoms with Gasteiger partial charge in [-0.25, -0.2) is 4.79 Å². The topological polar surface area (TPSA) is 82.1 Å². The van der Waals surface area contributed by atoms with Crippen molar-refractivity contribution in [1.29, 1.82) is 0 Å². The highest BCUT2D eigenvalue weighted by Crippen LogP contribution is 2.37. The smallest absolute Gasteiger partial charge is 0.410 e. The molecule has 1 rings (SSSR count). The van der Waals surface area contributed by atoms with Gasteiger partial charge in [-0.2, -0.15) is 0 Å². The lowest BCUT2D eigenvalue weighted by Crippen LogP contribution is -2.63. The summed E-state index contributed by atoms with van der Waals surface area (Å²) in [7, 11) is 2.58. The molecule has 0 spiro atoms. The van der Waals surface area contributed by atoms with Gasteiger partial charge in [0.1, 0.15) is 11.0 Å². The fraction of sp³-hybridized carbons (Fsp3) is 0.786. The second-order valence-corrected chi connectivity index (χ2v) is 6.18. The highest BCUT2D eigenvalue weighted by Gasteiger charge is 2.52. The van der Waals surface area contributed by atoms with E-state index in [1.165, 1.54) is 19.1 Å². The number of methoxy groups -OCH3 is 2. The minimum absolute atomic E-state index is 0.105. The number of ether oxygens (including phenoxy) is 3. The maximum Gasteiger partial charge on any atom is 0.410 e. The lowest BCUT2D eigenvalue weighted by atomic mass is 9.76. The second-order valence-electron chi connectivity index (χ2n) is 6.18. The van der Waals surface area contributed by atoms with Crippen LogP contribution in [0.3, 0.4) is 0 Å². The Morgan fingerprint density at radius 3 is 2.10 bits per heavy atom. The zero-order valence-corrected chi connectivity index (χ0v) is 13.2. The quantitative estimate of drug-likeness (QED) is 0.576. The Balaban J connectivity index is 2.64. The van der Waals surface area contributed by atoms with Crippen molar-refractivity contribution in [2.75, 3.05) is 27.3 Å². The molecule has 1 aliphatic rings. The normalized spacial score (nSPS) is 16.7. The number of hydrogen-bond acceptors (Lipinski definition) is 6. The van der Waals surface area contributed by atoms with E-state index in [0.717, 1.165) is 0 Å². The fourth-order valence-electron chi connectivity index (χ4n) is 2.19. The van der Waals surface area contributed by atoms with Gasteiger partial charge in [-0.05, 0) is 27.2 Å². The van der Waals surface area contributed by atoms with Crippen molar-refractivity contribution in [2.45, 2.75) is 39.2 Å². The molecule has 120 valence electrons. The molecule has 1 heterocycles. The Morgan fingerprint density at radius 1 is 1.10 bits per heavy atom. The van der Waals surface area contributed by atoms with Gasteiger partial charge in [0.2, 0.25) is 0 Å². The van der Waals surface area contributed by atoms with E-state index in [0.29, 0.717) is 0 Å². The monoisotopic (exact) mass is 301 g/mol. The van der Waals surface area contributed by atoms with Gasteiger partial charge in [0.15, 0.2) is 0 Å². The van der Waals surface area contributed by atoms with Crippen LogP contribution in [0.25, 0.3) is 0 Å². The van der Waals surface area contributed by atoms with Gasteiger partial charge in [-0.1, -0.05) is 0 Å². The molecule has 7 nitrogen and oxygen atoms in total. The third-order valence-electron chi connectivity index (χ3n) is 3.29. The van der Waals surface area contributed by atoms with E-state index in [2.05, 4.69) is 4.74 Å². The molecule has 1 saturated heterocycles. The van der Waals surface area contributed by atoms with Crippen LogP contribution in [0.1, 0.15) is 33.6 Å². The van der Waals surface area contributed by atoms with Crippen molar-refractivity contribution in [1.82, 2.24) is 4.90 Å². The Morgan fingerprint density at radius 2 is 1.67 bits per heavy atom. The van der Waals surface area contributed by atoms with Gasteiger partial charge in [-0.3, -0.25) is 9.59 Å². The predicted molar refractivity (Wildman–Crippen MR) is 73.5 cm³/mol. The van der Waals surface area contributed by atoms with Crippen molar-refractivity contribution in [2.24, 2.45) is 5.41 Å². The lowest BCUT2D eigenvalue weighted by molar-refractivity contribution is -0.165. The summed E-state index contributed by atoms with van der Waals surface area (Å²) in [5.41, 5.74) is -1.44. The number of carbonyl (C=O) groups excluding carboxylic acids is 3. The van der Waals surface area contributed by atoms with E-state index in [-0.39, 0.29) is 25.9 Å². The maximum absolute atomic E-state index is 11.9. The Hall–Kier alpha value is -1.79. The van der Waals surface area contributed by atoms with Crippen LogP contribution in [0.4, 0.5) is 4.79 Å². The van der Waals surface area contributed by atoms with E-state index in [1.807, 2.05) is 0 Å². The van der Waals surface area contributed by atoms with E-state index in [4.69, 9.17) is 9.47 Å². The van der Waals surface area contributed by atoms with Crippen LogP contribution >= 0.6 is 0 Å². The molecule has 7 heteroatoms. The standard InChI is InChI=1S/C14H23NO6/c1-13(2,3)21-12(18)15-8-14(9-15,11(17)20-5)7-6-10(16)19-4/h6-9H2,1-5H3. The molecule has 21 heavy (non-hydrogen) atoms. The number of nitrogens with zero attached hydrogens (tertiary/aromatic N) is 1. The molecule has 0 aromatic rings. The van der Waals surface area contributed by atoms with Crippen LogP contribution in [0.15, 0.2) is 0 Å². The average Bonchev–Trinajstić information content (AvgIpc) is 2.34. The van der Waals surface area contributed by atoms with Gasteiger partial charge in [0.25, 0.3) is 0 Å². The van der Waals surface area contributed by atoms with Gasteiger partial charge < -0.3 is 19.1 Å². The van der Waals surface area contributed by atoms with E-state index in [1.54, 1.807) is 20.8 Å². The molecular weight excluding hydrogens is 278 g/mol. The largest absolute Gasteiger partial charge is 0.469 e. The number of likely N-dealkylation sites (tertiary alicyclic amines) is 1. The van der Waals surface area contributed by atoms with Crippen molar-refractivity contribution in [3.63, 3.8) is 0 Å². The number of esters is 2. The molecule has 0 bridgehead atoms. The van der Waals surface area contributed by atoms with Crippen LogP contribution in [-0.2, 0) is 23.8 Å². The molecule has 0 N–H and O–H groups in total. The third kappa shape index (κ3) is 4.34. The van der Waals surface area contributed by atoms with E-state index in [9.17, 15) is 14.4 Å². The minimum Gasteiger partial charge on any atom is -0.469 e. The summed E-state index contributed by atoms with van der Waals surface area (Å²) in [6.45, 7) is 5.69. The first kappa shape index (κ1) is 17.3. The first-order valence-corrected chi connectivity index (χ1v) is 6.77. The molecule has 0 radical (unpaired) electrons. The van der Waals surface area contributed by atoms with Crippen molar-refractivity contribution in [3.05, 3.63) is 0 Å². The molecule has 1 amide bonds. The molecule has 0 aromatic heterocycles. The number of amides is 1. The van der Waals surface area contributed by atoms with Crippen molar-refractivity contribution in [3.8, 4) is 0 Å². The molecule has 0 atom stereocenters. The zero-order valence-electron chi connectivity index (χ0n) is 13.2. The highest BCUT2D eigenvalue weighted by molar-refractivity contribution is 5.83. The summed E-state index contributed by atoms with van der Waals surface area (Å²) in [5, 5.41) is 0. The van der Waals surface area contributed by atoms with Crippen LogP contribution in [-0.4, -0.2) is 55.8 Å². The summed E-state index contributed by atoms with van der Waals surface area (Å²) >= 11 is 0. The third-order valence-corrected chi connectivity index (χ3v) is 3.29. The SMILES string of the molecule is COC(=O)CCC1(C(=O)OC)CN(C(=O)OC(C)(C)C)C1. The van der Waals surface area contributed by atoms with E-state index < -0.39 is 29.0 Å². The van der Waals surface area contributed by atoms with Crippen molar-refractivity contribution >= 4 is 18.0 Å². The molecule has 0 aliphatic carbocycles. The van der Waals surface area contributed by atoms with Crippen LogP contribution in [0, 0.1) is 5.41 Å². The van der Waals surface area contributed by atoms with Gasteiger partial charge in [-0.15, -0.1) is 0 Å². The molecule has 0 unspecified atom stereocenters. The lowest BCUT2D eigenvalue weighted by Gasteiger charge is -2.47. The Labute approximate surface area is 124 Å². The molecule has 1 aliphatic heterocycles. The first-order chi connectivity index (χ1) is 9.63. The number of carbonyl (C=O) groups is 3. The summed E-state index contributed by atoms with van der Waals surface area (Å²) in [6.07, 6.45) is -0.0838. The Bertz CT molecular complexity index is 420. The summed E-state index contributed by atoms with van der Waals surface area (Å²) in [5.74, 6) is -0.819. The summed E-state index contributed by atoms with van der Waals surface area (Å²) in [4.78, 5) is 36.5. The first-order valence-electron chi connectivity index (χ1n) is 6.77. The second kappa shape index (κ2) is 6.32. The van der Waals surface area contributed by atoms with Gasteiger partial charge >= 0.3 is 18.0 Å². The zero-order chi connectivity index (χ0) is 16.3. The van der Waals surface area contributed by atoms with Crippen LogP contribution in [0.5, 0.6) is 0 Å². The van der Waals surface area contributed by atoms with Crippen LogP contribution in [0.2, 0.25) is 0 Å². The molecule has 0 aromatic carbocycles. The maximum atomic E-state index is 11.9. The van der Waals surface area contributed by atoms with Crippen LogP contribution < -0.4 is 0 Å². The summed E-state index contributed by atoms with van der Waals surface area (Å²) < 4.78 is 14.6. The van der Waals surface area contributed by atoms with Gasteiger partial charge in [0.05, 0.1) is 14.2 Å². The Kier molecular flexibility index (Phi) is 5.20.